The summed E-state index contributed by atoms with van der Waals surface area (Å²) in [5.41, 5.74) is 5.87. The normalized spacial score (nSPS) is 32.3. The van der Waals surface area contributed by atoms with E-state index in [0.717, 1.165) is 0 Å². The number of aliphatic hydroxyl groups excluding tert-OH is 2. The zero-order valence-corrected chi connectivity index (χ0v) is 8.01. The Hall–Kier alpha value is -0.910. The maximum Gasteiger partial charge on any atom is 0.333 e. The van der Waals surface area contributed by atoms with Crippen molar-refractivity contribution in [3.63, 3.8) is 0 Å². The van der Waals surface area contributed by atoms with Gasteiger partial charge in [-0.1, -0.05) is 0 Å². The summed E-state index contributed by atoms with van der Waals surface area (Å²) < 4.78 is 4.76. The van der Waals surface area contributed by atoms with Gasteiger partial charge in [-0.05, 0) is 19.4 Å². The third-order valence-corrected chi connectivity index (χ3v) is 2.15. The molecule has 1 aliphatic rings. The minimum atomic E-state index is -1.09. The summed E-state index contributed by atoms with van der Waals surface area (Å²) in [6.45, 7) is 1.98. The first-order valence-corrected chi connectivity index (χ1v) is 4.55. The average molecular weight is 201 g/mol. The monoisotopic (exact) mass is 201 g/mol. The Morgan fingerprint density at radius 2 is 2.36 bits per heavy atom. The van der Waals surface area contributed by atoms with E-state index in [9.17, 15) is 15.0 Å². The number of carbonyl (C=O) groups excluding carboxylic acids is 1. The van der Waals surface area contributed by atoms with Gasteiger partial charge in [0.05, 0.1) is 12.7 Å². The maximum absolute atomic E-state index is 11.3. The van der Waals surface area contributed by atoms with Gasteiger partial charge in [-0.3, -0.25) is 0 Å². The lowest BCUT2D eigenvalue weighted by atomic mass is 9.91. The molecule has 5 nitrogen and oxygen atoms in total. The van der Waals surface area contributed by atoms with Crippen LogP contribution in [-0.4, -0.2) is 41.0 Å². The van der Waals surface area contributed by atoms with E-state index in [2.05, 4.69) is 0 Å². The Balaban J connectivity index is 2.71. The Kier molecular flexibility index (Phi) is 3.62. The van der Waals surface area contributed by atoms with Crippen molar-refractivity contribution in [1.29, 1.82) is 0 Å². The topological polar surface area (TPSA) is 92.8 Å². The molecule has 14 heavy (non-hydrogen) atoms. The van der Waals surface area contributed by atoms with Crippen LogP contribution in [0.4, 0.5) is 0 Å². The van der Waals surface area contributed by atoms with Crippen LogP contribution >= 0.6 is 0 Å². The molecule has 0 spiro atoms. The van der Waals surface area contributed by atoms with E-state index in [0.29, 0.717) is 5.57 Å². The molecular formula is C9H15NO4. The molecule has 3 unspecified atom stereocenters. The van der Waals surface area contributed by atoms with Gasteiger partial charge >= 0.3 is 5.97 Å². The van der Waals surface area contributed by atoms with Gasteiger partial charge in [-0.2, -0.15) is 0 Å². The van der Waals surface area contributed by atoms with Crippen molar-refractivity contribution in [3.8, 4) is 0 Å². The number of ether oxygens (including phenoxy) is 1. The predicted molar refractivity (Wildman–Crippen MR) is 49.3 cm³/mol. The van der Waals surface area contributed by atoms with Crippen LogP contribution in [0.5, 0.6) is 0 Å². The molecule has 3 atom stereocenters. The van der Waals surface area contributed by atoms with Gasteiger partial charge in [0.25, 0.3) is 0 Å². The largest absolute Gasteiger partial charge is 0.463 e. The van der Waals surface area contributed by atoms with E-state index in [1.807, 2.05) is 0 Å². The van der Waals surface area contributed by atoms with Crippen molar-refractivity contribution in [1.82, 2.24) is 0 Å². The molecular weight excluding hydrogens is 186 g/mol. The van der Waals surface area contributed by atoms with Crippen molar-refractivity contribution in [2.24, 2.45) is 5.73 Å². The van der Waals surface area contributed by atoms with Gasteiger partial charge in [0.1, 0.15) is 6.10 Å². The fraction of sp³-hybridized carbons (Fsp3) is 0.667. The average Bonchev–Trinajstić information content (AvgIpc) is 2.13. The lowest BCUT2D eigenvalue weighted by molar-refractivity contribution is -0.139. The minimum absolute atomic E-state index is 0.233. The molecule has 0 saturated heterocycles. The molecule has 0 aromatic heterocycles. The fourth-order valence-corrected chi connectivity index (χ4v) is 1.38. The predicted octanol–water partition coefficient (Wildman–Crippen LogP) is -1.07. The van der Waals surface area contributed by atoms with Crippen molar-refractivity contribution < 1.29 is 19.7 Å². The van der Waals surface area contributed by atoms with Crippen LogP contribution in [0, 0.1) is 0 Å². The van der Waals surface area contributed by atoms with Crippen LogP contribution in [-0.2, 0) is 9.53 Å². The number of aliphatic hydroxyl groups is 2. The molecule has 0 saturated carbocycles. The van der Waals surface area contributed by atoms with Gasteiger partial charge in [-0.25, -0.2) is 4.79 Å². The van der Waals surface area contributed by atoms with Crippen LogP contribution in [0.2, 0.25) is 0 Å². The number of carbonyl (C=O) groups is 1. The molecule has 0 aliphatic heterocycles. The van der Waals surface area contributed by atoms with Crippen molar-refractivity contribution in [3.05, 3.63) is 11.6 Å². The number of hydrogen-bond acceptors (Lipinski definition) is 5. The highest BCUT2D eigenvalue weighted by Crippen LogP contribution is 2.19. The van der Waals surface area contributed by atoms with Crippen LogP contribution < -0.4 is 5.73 Å². The zero-order chi connectivity index (χ0) is 10.7. The van der Waals surface area contributed by atoms with Crippen LogP contribution in [0.15, 0.2) is 11.6 Å². The SMILES string of the molecule is CCOC(=O)C1=CC(O)C(O)C(N)C1. The second-order valence-corrected chi connectivity index (χ2v) is 3.26. The molecule has 0 heterocycles. The summed E-state index contributed by atoms with van der Waals surface area (Å²) in [4.78, 5) is 11.3. The Labute approximate surface area is 82.2 Å². The van der Waals surface area contributed by atoms with Crippen LogP contribution in [0.25, 0.3) is 0 Å². The summed E-state index contributed by atoms with van der Waals surface area (Å²) in [5, 5.41) is 18.6. The zero-order valence-electron chi connectivity index (χ0n) is 8.01. The second-order valence-electron chi connectivity index (χ2n) is 3.26. The van der Waals surface area contributed by atoms with E-state index in [-0.39, 0.29) is 13.0 Å². The van der Waals surface area contributed by atoms with Crippen LogP contribution in [0.1, 0.15) is 13.3 Å². The van der Waals surface area contributed by atoms with Gasteiger partial charge in [0, 0.05) is 11.6 Å². The Bertz CT molecular complexity index is 251. The molecule has 5 heteroatoms. The molecule has 0 fully saturated rings. The maximum atomic E-state index is 11.3. The number of hydrogen-bond donors (Lipinski definition) is 3. The quantitative estimate of drug-likeness (QED) is 0.495. The lowest BCUT2D eigenvalue weighted by Gasteiger charge is -2.27. The standard InChI is InChI=1S/C9H15NO4/c1-2-14-9(13)5-3-6(10)8(12)7(11)4-5/h4,6-8,11-12H,2-3,10H2,1H3. The Morgan fingerprint density at radius 1 is 1.71 bits per heavy atom. The molecule has 0 aromatic rings. The van der Waals surface area contributed by atoms with Crippen molar-refractivity contribution in [2.75, 3.05) is 6.61 Å². The van der Waals surface area contributed by atoms with Crippen LogP contribution in [0.3, 0.4) is 0 Å². The van der Waals surface area contributed by atoms with Crippen molar-refractivity contribution >= 4 is 5.97 Å². The van der Waals surface area contributed by atoms with E-state index >= 15 is 0 Å². The summed E-state index contributed by atoms with van der Waals surface area (Å²) in [5.74, 6) is -0.478. The third-order valence-electron chi connectivity index (χ3n) is 2.15. The number of nitrogens with two attached hydrogens (primary N) is 1. The molecule has 1 aliphatic carbocycles. The highest BCUT2D eigenvalue weighted by atomic mass is 16.5. The smallest absolute Gasteiger partial charge is 0.333 e. The van der Waals surface area contributed by atoms with Gasteiger partial charge in [-0.15, -0.1) is 0 Å². The van der Waals surface area contributed by atoms with Crippen molar-refractivity contribution in [2.45, 2.75) is 31.6 Å². The first-order chi connectivity index (χ1) is 6.56. The first kappa shape index (κ1) is 11.2. The molecule has 0 radical (unpaired) electrons. The van der Waals surface area contributed by atoms with Gasteiger partial charge < -0.3 is 20.7 Å². The van der Waals surface area contributed by atoms with E-state index < -0.39 is 24.2 Å². The summed E-state index contributed by atoms with van der Waals surface area (Å²) in [6.07, 6.45) is -0.561. The van der Waals surface area contributed by atoms with E-state index in [1.165, 1.54) is 6.08 Å². The fourth-order valence-electron chi connectivity index (χ4n) is 1.38. The van der Waals surface area contributed by atoms with E-state index in [4.69, 9.17) is 10.5 Å². The molecule has 80 valence electrons. The Morgan fingerprint density at radius 3 is 2.86 bits per heavy atom. The first-order valence-electron chi connectivity index (χ1n) is 4.55. The number of rotatable bonds is 2. The molecule has 1 rings (SSSR count). The summed E-state index contributed by atoms with van der Waals surface area (Å²) >= 11 is 0. The summed E-state index contributed by atoms with van der Waals surface area (Å²) in [7, 11) is 0. The van der Waals surface area contributed by atoms with E-state index in [1.54, 1.807) is 6.92 Å². The second kappa shape index (κ2) is 4.54. The molecule has 0 aromatic carbocycles. The minimum Gasteiger partial charge on any atom is -0.463 e. The molecule has 4 N–H and O–H groups in total. The summed E-state index contributed by atoms with van der Waals surface area (Å²) in [6, 6.07) is -0.616. The highest BCUT2D eigenvalue weighted by molar-refractivity contribution is 5.88. The molecule has 0 amide bonds. The molecule has 0 bridgehead atoms. The lowest BCUT2D eigenvalue weighted by Crippen LogP contribution is -2.46. The third kappa shape index (κ3) is 2.31. The van der Waals surface area contributed by atoms with Gasteiger partial charge in [0.2, 0.25) is 0 Å². The van der Waals surface area contributed by atoms with Gasteiger partial charge in [0.15, 0.2) is 0 Å². The highest BCUT2D eigenvalue weighted by Gasteiger charge is 2.30. The number of esters is 1.